The van der Waals surface area contributed by atoms with Crippen LogP contribution in [-0.2, 0) is 6.54 Å². The Hall–Kier alpha value is -0.550. The van der Waals surface area contributed by atoms with Crippen LogP contribution in [0.3, 0.4) is 0 Å². The Kier molecular flexibility index (Phi) is 4.89. The monoisotopic (exact) mass is 429 g/mol. The summed E-state index contributed by atoms with van der Waals surface area (Å²) in [7, 11) is 0. The summed E-state index contributed by atoms with van der Waals surface area (Å²) in [6.45, 7) is 0.854. The van der Waals surface area contributed by atoms with Crippen LogP contribution >= 0.6 is 43.5 Å². The highest BCUT2D eigenvalue weighted by Gasteiger charge is 2.20. The minimum Gasteiger partial charge on any atom is -0.455 e. The van der Waals surface area contributed by atoms with Crippen molar-refractivity contribution in [3.63, 3.8) is 0 Å². The summed E-state index contributed by atoms with van der Waals surface area (Å²) >= 11 is 13.2. The molecule has 1 N–H and O–H groups in total. The highest BCUT2D eigenvalue weighted by Crippen LogP contribution is 2.35. The van der Waals surface area contributed by atoms with Crippen LogP contribution in [0.15, 0.2) is 45.3 Å². The Morgan fingerprint density at radius 3 is 2.52 bits per heavy atom. The summed E-state index contributed by atoms with van der Waals surface area (Å²) in [5.41, 5.74) is 1.18. The molecule has 0 saturated heterocycles. The third-order valence-corrected chi connectivity index (χ3v) is 4.69. The van der Waals surface area contributed by atoms with Gasteiger partial charge in [0.2, 0.25) is 0 Å². The largest absolute Gasteiger partial charge is 0.455 e. The van der Waals surface area contributed by atoms with E-state index in [4.69, 9.17) is 16.3 Å². The first-order valence-electron chi connectivity index (χ1n) is 6.76. The van der Waals surface area contributed by atoms with Crippen LogP contribution in [0.4, 0.5) is 0 Å². The molecule has 0 unspecified atom stereocenters. The number of ether oxygens (including phenoxy) is 1. The molecule has 3 rings (SSSR count). The van der Waals surface area contributed by atoms with Crippen LogP contribution in [0.2, 0.25) is 5.02 Å². The topological polar surface area (TPSA) is 21.3 Å². The Bertz CT molecular complexity index is 659. The molecule has 0 bridgehead atoms. The maximum absolute atomic E-state index is 6.32. The number of hydrogen-bond donors (Lipinski definition) is 1. The van der Waals surface area contributed by atoms with Crippen molar-refractivity contribution < 1.29 is 4.74 Å². The molecule has 2 nitrogen and oxygen atoms in total. The fourth-order valence-electron chi connectivity index (χ4n) is 1.96. The summed E-state index contributed by atoms with van der Waals surface area (Å²) < 4.78 is 7.74. The fraction of sp³-hybridized carbons (Fsp3) is 0.250. The molecule has 2 aromatic rings. The average Bonchev–Trinajstić information content (AvgIpc) is 3.26. The van der Waals surface area contributed by atoms with E-state index in [0.717, 1.165) is 21.2 Å². The van der Waals surface area contributed by atoms with Crippen molar-refractivity contribution in [1.82, 2.24) is 5.32 Å². The Morgan fingerprint density at radius 1 is 1.10 bits per heavy atom. The molecule has 21 heavy (non-hydrogen) atoms. The van der Waals surface area contributed by atoms with Crippen LogP contribution in [-0.4, -0.2) is 6.04 Å². The third kappa shape index (κ3) is 4.22. The van der Waals surface area contributed by atoms with Gasteiger partial charge in [0.15, 0.2) is 0 Å². The van der Waals surface area contributed by atoms with Gasteiger partial charge in [-0.15, -0.1) is 0 Å². The molecule has 1 fully saturated rings. The van der Waals surface area contributed by atoms with Crippen LogP contribution in [0.25, 0.3) is 0 Å². The molecule has 0 aliphatic heterocycles. The molecule has 110 valence electrons. The number of rotatable bonds is 5. The molecule has 0 spiro atoms. The fourth-order valence-corrected chi connectivity index (χ4v) is 3.33. The second-order valence-corrected chi connectivity index (χ2v) is 7.27. The number of hydrogen-bond acceptors (Lipinski definition) is 2. The minimum absolute atomic E-state index is 0.625. The third-order valence-electron chi connectivity index (χ3n) is 3.28. The van der Waals surface area contributed by atoms with Crippen LogP contribution < -0.4 is 10.1 Å². The molecule has 1 aliphatic rings. The summed E-state index contributed by atoms with van der Waals surface area (Å²) in [6, 6.07) is 12.4. The van der Waals surface area contributed by atoms with E-state index >= 15 is 0 Å². The highest BCUT2D eigenvalue weighted by atomic mass is 79.9. The molecule has 1 aliphatic carbocycles. The first-order chi connectivity index (χ1) is 10.1. The van der Waals surface area contributed by atoms with Gasteiger partial charge >= 0.3 is 0 Å². The van der Waals surface area contributed by atoms with E-state index in [0.29, 0.717) is 16.8 Å². The van der Waals surface area contributed by atoms with Gasteiger partial charge in [0.05, 0.1) is 9.50 Å². The Balaban J connectivity index is 1.72. The van der Waals surface area contributed by atoms with E-state index in [9.17, 15) is 0 Å². The SMILES string of the molecule is Clc1cc(CNC2CC2)ccc1Oc1ccc(Br)cc1Br. The molecule has 2 aromatic carbocycles. The number of benzene rings is 2. The lowest BCUT2D eigenvalue weighted by atomic mass is 10.2. The van der Waals surface area contributed by atoms with Crippen molar-refractivity contribution in [3.8, 4) is 11.5 Å². The second-order valence-electron chi connectivity index (χ2n) is 5.10. The summed E-state index contributed by atoms with van der Waals surface area (Å²) in [5.74, 6) is 1.40. The van der Waals surface area contributed by atoms with Crippen molar-refractivity contribution >= 4 is 43.5 Å². The maximum atomic E-state index is 6.32. The zero-order valence-corrected chi connectivity index (χ0v) is 15.1. The molecule has 1 saturated carbocycles. The normalized spacial score (nSPS) is 14.2. The van der Waals surface area contributed by atoms with Gasteiger partial charge in [-0.05, 0) is 64.7 Å². The van der Waals surface area contributed by atoms with Crippen molar-refractivity contribution in [2.45, 2.75) is 25.4 Å². The minimum atomic E-state index is 0.625. The number of halogens is 3. The Morgan fingerprint density at radius 2 is 1.86 bits per heavy atom. The second kappa shape index (κ2) is 6.69. The van der Waals surface area contributed by atoms with Gasteiger partial charge in [-0.1, -0.05) is 33.6 Å². The van der Waals surface area contributed by atoms with Crippen LogP contribution in [0.5, 0.6) is 11.5 Å². The lowest BCUT2D eigenvalue weighted by Gasteiger charge is -2.11. The maximum Gasteiger partial charge on any atom is 0.146 e. The molecule has 0 atom stereocenters. The smallest absolute Gasteiger partial charge is 0.146 e. The van der Waals surface area contributed by atoms with Crippen LogP contribution in [0.1, 0.15) is 18.4 Å². The first kappa shape index (κ1) is 15.3. The van der Waals surface area contributed by atoms with E-state index < -0.39 is 0 Å². The van der Waals surface area contributed by atoms with E-state index in [1.54, 1.807) is 0 Å². The van der Waals surface area contributed by atoms with Gasteiger partial charge in [-0.3, -0.25) is 0 Å². The van der Waals surface area contributed by atoms with E-state index in [2.05, 4.69) is 37.2 Å². The lowest BCUT2D eigenvalue weighted by Crippen LogP contribution is -2.15. The van der Waals surface area contributed by atoms with Gasteiger partial charge in [0.1, 0.15) is 11.5 Å². The van der Waals surface area contributed by atoms with Crippen molar-refractivity contribution in [2.75, 3.05) is 0 Å². The molecule has 0 aromatic heterocycles. The van der Waals surface area contributed by atoms with E-state index in [1.807, 2.05) is 36.4 Å². The molecule has 0 heterocycles. The van der Waals surface area contributed by atoms with Crippen molar-refractivity contribution in [2.24, 2.45) is 0 Å². The standard InChI is InChI=1S/C16H14Br2ClNO/c17-11-2-6-15(13(18)8-11)21-16-5-1-10(7-14(16)19)9-20-12-3-4-12/h1-2,5-8,12,20H,3-4,9H2. The molecule has 0 radical (unpaired) electrons. The number of nitrogens with one attached hydrogen (secondary N) is 1. The summed E-state index contributed by atoms with van der Waals surface area (Å²) in [5, 5.41) is 4.10. The zero-order chi connectivity index (χ0) is 14.8. The molecular formula is C16H14Br2ClNO. The van der Waals surface area contributed by atoms with Gasteiger partial charge < -0.3 is 10.1 Å². The zero-order valence-electron chi connectivity index (χ0n) is 11.2. The van der Waals surface area contributed by atoms with Gasteiger partial charge in [-0.2, -0.15) is 0 Å². The van der Waals surface area contributed by atoms with Crippen LogP contribution in [0, 0.1) is 0 Å². The predicted octanol–water partition coefficient (Wildman–Crippen LogP) is 5.91. The van der Waals surface area contributed by atoms with E-state index in [1.165, 1.54) is 18.4 Å². The predicted molar refractivity (Wildman–Crippen MR) is 93.2 cm³/mol. The molecular weight excluding hydrogens is 417 g/mol. The Labute approximate surface area is 146 Å². The molecule has 0 amide bonds. The van der Waals surface area contributed by atoms with Gasteiger partial charge in [-0.25, -0.2) is 0 Å². The summed E-state index contributed by atoms with van der Waals surface area (Å²) in [4.78, 5) is 0. The average molecular weight is 432 g/mol. The summed E-state index contributed by atoms with van der Waals surface area (Å²) in [6.07, 6.45) is 2.57. The van der Waals surface area contributed by atoms with Crippen molar-refractivity contribution in [3.05, 3.63) is 55.9 Å². The van der Waals surface area contributed by atoms with E-state index in [-0.39, 0.29) is 0 Å². The lowest BCUT2D eigenvalue weighted by molar-refractivity contribution is 0.479. The first-order valence-corrected chi connectivity index (χ1v) is 8.73. The van der Waals surface area contributed by atoms with Gasteiger partial charge in [0.25, 0.3) is 0 Å². The quantitative estimate of drug-likeness (QED) is 0.636. The highest BCUT2D eigenvalue weighted by molar-refractivity contribution is 9.11. The molecule has 5 heteroatoms. The van der Waals surface area contributed by atoms with Gasteiger partial charge in [0, 0.05) is 17.1 Å². The van der Waals surface area contributed by atoms with Crippen molar-refractivity contribution in [1.29, 1.82) is 0 Å².